The van der Waals surface area contributed by atoms with Gasteiger partial charge in [0.1, 0.15) is 5.75 Å². The van der Waals surface area contributed by atoms with E-state index in [-0.39, 0.29) is 30.3 Å². The topological polar surface area (TPSA) is 82.2 Å². The van der Waals surface area contributed by atoms with Gasteiger partial charge in [-0.2, -0.15) is 0 Å². The minimum atomic E-state index is -0.550. The first-order chi connectivity index (χ1) is 14.0. The Balaban J connectivity index is 1.31. The minimum absolute atomic E-state index is 0.0136. The van der Waals surface area contributed by atoms with Gasteiger partial charge in [-0.15, -0.1) is 0 Å². The molecule has 1 N–H and O–H groups in total. The number of nitrogens with zero attached hydrogens (tertiary/aromatic N) is 3. The summed E-state index contributed by atoms with van der Waals surface area (Å²) in [5, 5.41) is 2.89. The van der Waals surface area contributed by atoms with Crippen LogP contribution in [0.15, 0.2) is 24.3 Å². The molecule has 3 aliphatic rings. The van der Waals surface area contributed by atoms with Crippen molar-refractivity contribution in [2.75, 3.05) is 37.6 Å². The quantitative estimate of drug-likeness (QED) is 0.832. The van der Waals surface area contributed by atoms with E-state index in [0.717, 1.165) is 38.0 Å². The van der Waals surface area contributed by atoms with Crippen LogP contribution in [0.5, 0.6) is 5.75 Å². The first-order valence-corrected chi connectivity index (χ1v) is 10.4. The summed E-state index contributed by atoms with van der Waals surface area (Å²) in [6.07, 6.45) is 2.30. The first kappa shape index (κ1) is 19.5. The minimum Gasteiger partial charge on any atom is -0.479 e. The molecule has 3 aliphatic heterocycles. The highest BCUT2D eigenvalue weighted by Crippen LogP contribution is 2.33. The number of carbonyl (C=O) groups excluding carboxylic acids is 3. The van der Waals surface area contributed by atoms with Crippen molar-refractivity contribution in [1.29, 1.82) is 0 Å². The number of carbonyl (C=O) groups is 3. The van der Waals surface area contributed by atoms with Crippen LogP contribution in [-0.2, 0) is 9.59 Å². The summed E-state index contributed by atoms with van der Waals surface area (Å²) < 4.78 is 5.65. The fraction of sp³-hybridized carbons (Fsp3) is 0.571. The molecular formula is C21H28N4O4. The lowest BCUT2D eigenvalue weighted by Crippen LogP contribution is -2.55. The van der Waals surface area contributed by atoms with E-state index in [1.165, 1.54) is 0 Å². The lowest BCUT2D eigenvalue weighted by atomic mass is 10.0. The second-order valence-corrected chi connectivity index (χ2v) is 7.86. The van der Waals surface area contributed by atoms with Crippen LogP contribution < -0.4 is 15.0 Å². The van der Waals surface area contributed by atoms with Gasteiger partial charge in [-0.3, -0.25) is 9.59 Å². The molecule has 2 fully saturated rings. The van der Waals surface area contributed by atoms with Crippen molar-refractivity contribution in [1.82, 2.24) is 15.1 Å². The Morgan fingerprint density at radius 1 is 1.17 bits per heavy atom. The van der Waals surface area contributed by atoms with Crippen molar-refractivity contribution in [3.8, 4) is 5.75 Å². The number of ether oxygens (including phenoxy) is 1. The van der Waals surface area contributed by atoms with Crippen molar-refractivity contribution in [3.05, 3.63) is 24.3 Å². The zero-order chi connectivity index (χ0) is 20.4. The zero-order valence-electron chi connectivity index (χ0n) is 16.8. The fourth-order valence-electron chi connectivity index (χ4n) is 4.38. The number of hydrogen-bond acceptors (Lipinski definition) is 4. The summed E-state index contributed by atoms with van der Waals surface area (Å²) in [6, 6.07) is 7.64. The summed E-state index contributed by atoms with van der Waals surface area (Å²) in [6.45, 7) is 4.91. The predicted octanol–water partition coefficient (Wildman–Crippen LogP) is 1.60. The third-order valence-corrected chi connectivity index (χ3v) is 5.99. The second-order valence-electron chi connectivity index (χ2n) is 7.86. The Kier molecular flexibility index (Phi) is 5.60. The number of nitrogens with one attached hydrogen (secondary N) is 1. The molecule has 8 heteroatoms. The number of piperidine rings is 1. The van der Waals surface area contributed by atoms with Gasteiger partial charge in [0.2, 0.25) is 5.91 Å². The number of benzene rings is 1. The maximum atomic E-state index is 12.8. The third-order valence-electron chi connectivity index (χ3n) is 5.99. The average molecular weight is 400 g/mol. The molecule has 0 aliphatic carbocycles. The molecule has 0 bridgehead atoms. The van der Waals surface area contributed by atoms with E-state index in [9.17, 15) is 14.4 Å². The van der Waals surface area contributed by atoms with Crippen LogP contribution in [0.2, 0.25) is 0 Å². The van der Waals surface area contributed by atoms with Crippen molar-refractivity contribution < 1.29 is 19.1 Å². The van der Waals surface area contributed by atoms with E-state index in [1.54, 1.807) is 11.8 Å². The van der Waals surface area contributed by atoms with E-state index < -0.39 is 6.10 Å². The number of urea groups is 1. The zero-order valence-corrected chi connectivity index (χ0v) is 16.8. The smallest absolute Gasteiger partial charge is 0.317 e. The molecule has 3 heterocycles. The fourth-order valence-corrected chi connectivity index (χ4v) is 4.38. The van der Waals surface area contributed by atoms with Crippen LogP contribution >= 0.6 is 0 Å². The molecular weight excluding hydrogens is 372 g/mol. The Hall–Kier alpha value is -2.77. The maximum Gasteiger partial charge on any atom is 0.317 e. The molecule has 0 spiro atoms. The Labute approximate surface area is 170 Å². The summed E-state index contributed by atoms with van der Waals surface area (Å²) in [5.41, 5.74) is 0.721. The van der Waals surface area contributed by atoms with Gasteiger partial charge in [-0.25, -0.2) is 4.79 Å². The number of hydrogen-bond donors (Lipinski definition) is 1. The van der Waals surface area contributed by atoms with Crippen molar-refractivity contribution in [2.45, 2.75) is 44.8 Å². The number of fused-ring (bicyclic) bond motifs is 1. The molecule has 1 atom stereocenters. The Morgan fingerprint density at radius 2 is 1.93 bits per heavy atom. The lowest BCUT2D eigenvalue weighted by molar-refractivity contribution is -0.132. The van der Waals surface area contributed by atoms with Gasteiger partial charge in [0.15, 0.2) is 6.10 Å². The summed E-state index contributed by atoms with van der Waals surface area (Å²) >= 11 is 0. The van der Waals surface area contributed by atoms with Crippen LogP contribution in [0.1, 0.15) is 32.6 Å². The van der Waals surface area contributed by atoms with E-state index in [0.29, 0.717) is 25.4 Å². The highest BCUT2D eigenvalue weighted by molar-refractivity contribution is 6.00. The van der Waals surface area contributed by atoms with Crippen LogP contribution in [0.25, 0.3) is 0 Å². The van der Waals surface area contributed by atoms with Crippen LogP contribution in [0.4, 0.5) is 10.5 Å². The molecule has 0 saturated carbocycles. The van der Waals surface area contributed by atoms with Crippen molar-refractivity contribution in [3.63, 3.8) is 0 Å². The molecule has 0 aromatic heterocycles. The Morgan fingerprint density at radius 3 is 2.69 bits per heavy atom. The molecule has 1 aromatic carbocycles. The van der Waals surface area contributed by atoms with Crippen molar-refractivity contribution in [2.24, 2.45) is 0 Å². The maximum absolute atomic E-state index is 12.8. The average Bonchev–Trinajstić information content (AvgIpc) is 2.74. The van der Waals surface area contributed by atoms with Crippen LogP contribution in [-0.4, -0.2) is 72.5 Å². The molecule has 8 nitrogen and oxygen atoms in total. The highest BCUT2D eigenvalue weighted by Gasteiger charge is 2.33. The summed E-state index contributed by atoms with van der Waals surface area (Å²) in [7, 11) is 0. The third kappa shape index (κ3) is 4.02. The normalized spacial score (nSPS) is 22.8. The second kappa shape index (κ2) is 8.31. The molecule has 4 amide bonds. The SMILES string of the molecule is CC1Oc2ccccc2N(CCC(=O)N2CCC(N3CCCNC3=O)CC2)C1=O. The Bertz CT molecular complexity index is 791. The molecule has 2 saturated heterocycles. The lowest BCUT2D eigenvalue weighted by Gasteiger charge is -2.40. The van der Waals surface area contributed by atoms with Gasteiger partial charge in [0.05, 0.1) is 5.69 Å². The van der Waals surface area contributed by atoms with Gasteiger partial charge in [-0.05, 0) is 38.3 Å². The summed E-state index contributed by atoms with van der Waals surface area (Å²) in [5.74, 6) is 0.606. The number of rotatable bonds is 4. The van der Waals surface area contributed by atoms with Crippen LogP contribution in [0.3, 0.4) is 0 Å². The molecule has 156 valence electrons. The van der Waals surface area contributed by atoms with E-state index in [2.05, 4.69) is 5.32 Å². The largest absolute Gasteiger partial charge is 0.479 e. The monoisotopic (exact) mass is 400 g/mol. The van der Waals surface area contributed by atoms with Gasteiger partial charge < -0.3 is 24.8 Å². The predicted molar refractivity (Wildman–Crippen MR) is 108 cm³/mol. The molecule has 0 radical (unpaired) electrons. The highest BCUT2D eigenvalue weighted by atomic mass is 16.5. The molecule has 29 heavy (non-hydrogen) atoms. The standard InChI is InChI=1S/C21H28N4O4/c1-15-20(27)25(17-5-2-3-6-18(17)29-15)14-9-19(26)23-12-7-16(8-13-23)24-11-4-10-22-21(24)28/h2-3,5-6,15-16H,4,7-14H2,1H3,(H,22,28). The van der Waals surface area contributed by atoms with Gasteiger partial charge in [0, 0.05) is 45.2 Å². The van der Waals surface area contributed by atoms with Crippen molar-refractivity contribution >= 4 is 23.5 Å². The van der Waals surface area contributed by atoms with E-state index >= 15 is 0 Å². The first-order valence-electron chi connectivity index (χ1n) is 10.4. The molecule has 4 rings (SSSR count). The number of para-hydroxylation sites is 2. The molecule has 1 unspecified atom stereocenters. The van der Waals surface area contributed by atoms with Gasteiger partial charge in [-0.1, -0.05) is 12.1 Å². The van der Waals surface area contributed by atoms with Gasteiger partial charge in [0.25, 0.3) is 5.91 Å². The van der Waals surface area contributed by atoms with Crippen LogP contribution in [0, 0.1) is 0 Å². The number of likely N-dealkylation sites (tertiary alicyclic amines) is 1. The number of amides is 4. The molecule has 1 aromatic rings. The number of anilines is 1. The summed E-state index contributed by atoms with van der Waals surface area (Å²) in [4.78, 5) is 42.8. The van der Waals surface area contributed by atoms with Gasteiger partial charge >= 0.3 is 6.03 Å². The van der Waals surface area contributed by atoms with E-state index in [1.807, 2.05) is 34.1 Å². The van der Waals surface area contributed by atoms with E-state index in [4.69, 9.17) is 4.74 Å².